The van der Waals surface area contributed by atoms with Crippen LogP contribution in [0.4, 0.5) is 0 Å². The van der Waals surface area contributed by atoms with Crippen molar-refractivity contribution in [1.82, 2.24) is 0 Å². The van der Waals surface area contributed by atoms with Crippen LogP contribution >= 0.6 is 0 Å². The molecule has 1 unspecified atom stereocenters. The predicted molar refractivity (Wildman–Crippen MR) is 183 cm³/mol. The molecule has 4 aliphatic rings. The average molecular weight is 585 g/mol. The summed E-state index contributed by atoms with van der Waals surface area (Å²) in [6.07, 6.45) is 21.9. The van der Waals surface area contributed by atoms with Crippen LogP contribution in [0.1, 0.15) is 117 Å². The van der Waals surface area contributed by atoms with Crippen molar-refractivity contribution in [2.75, 3.05) is 13.2 Å². The molecule has 1 atom stereocenters. The van der Waals surface area contributed by atoms with Crippen LogP contribution < -0.4 is 4.74 Å². The number of fused-ring (bicyclic) bond motifs is 4. The van der Waals surface area contributed by atoms with Gasteiger partial charge in [-0.25, -0.2) is 0 Å². The first kappa shape index (κ1) is 29.2. The molecule has 0 saturated heterocycles. The van der Waals surface area contributed by atoms with Gasteiger partial charge >= 0.3 is 0 Å². The molecule has 2 nitrogen and oxygen atoms in total. The molecule has 0 aromatic heterocycles. The van der Waals surface area contributed by atoms with E-state index >= 15 is 0 Å². The van der Waals surface area contributed by atoms with Gasteiger partial charge in [0.05, 0.1) is 19.1 Å². The Balaban J connectivity index is 1.18. The van der Waals surface area contributed by atoms with E-state index in [1.165, 1.54) is 114 Å². The minimum Gasteiger partial charge on any atom is -0.492 e. The largest absolute Gasteiger partial charge is 0.492 e. The standard InChI is InChI=1S/C42H48O2/c1-30-12-6-3-2-4-9-17-39-41(30)42-38-16-11-10-15-36(38)26-27-40(42)44-29-37(28-43-39)35-24-22-34(23-25-35)33-20-18-32(19-21-33)31-13-7-5-8-14-31/h9,17-27,31,37H,1-8,10-16,28-29H2/b17-9-,41-39-. The predicted octanol–water partition coefficient (Wildman–Crippen LogP) is 11.3. The highest BCUT2D eigenvalue weighted by molar-refractivity contribution is 5.86. The van der Waals surface area contributed by atoms with Crippen molar-refractivity contribution in [2.24, 2.45) is 0 Å². The highest BCUT2D eigenvalue weighted by atomic mass is 16.5. The summed E-state index contributed by atoms with van der Waals surface area (Å²) in [7, 11) is 0. The van der Waals surface area contributed by atoms with E-state index in [1.807, 2.05) is 0 Å². The number of ether oxygens (including phenoxy) is 2. The fraction of sp³-hybridized carbons (Fsp3) is 0.429. The van der Waals surface area contributed by atoms with Crippen molar-refractivity contribution in [3.8, 4) is 16.9 Å². The van der Waals surface area contributed by atoms with Crippen LogP contribution in [0, 0.1) is 0 Å². The van der Waals surface area contributed by atoms with Crippen LogP contribution in [0.3, 0.4) is 0 Å². The second-order valence-corrected chi connectivity index (χ2v) is 13.5. The second kappa shape index (κ2) is 13.6. The molecular weight excluding hydrogens is 536 g/mol. The Morgan fingerprint density at radius 2 is 1.25 bits per heavy atom. The first-order valence-electron chi connectivity index (χ1n) is 17.4. The Morgan fingerprint density at radius 1 is 0.591 bits per heavy atom. The number of benzene rings is 3. The molecule has 2 heteroatoms. The van der Waals surface area contributed by atoms with Gasteiger partial charge in [-0.1, -0.05) is 92.9 Å². The maximum absolute atomic E-state index is 6.82. The van der Waals surface area contributed by atoms with Gasteiger partial charge in [-0.15, -0.1) is 0 Å². The highest BCUT2D eigenvalue weighted by Crippen LogP contribution is 2.43. The smallest absolute Gasteiger partial charge is 0.127 e. The van der Waals surface area contributed by atoms with Gasteiger partial charge in [-0.05, 0) is 121 Å². The van der Waals surface area contributed by atoms with Gasteiger partial charge in [0.25, 0.3) is 0 Å². The Labute approximate surface area is 264 Å². The Morgan fingerprint density at radius 3 is 2.02 bits per heavy atom. The molecule has 1 saturated carbocycles. The quantitative estimate of drug-likeness (QED) is 0.305. The Bertz CT molecular complexity index is 1520. The molecule has 3 aliphatic carbocycles. The normalized spacial score (nSPS) is 23.8. The molecule has 0 spiro atoms. The van der Waals surface area contributed by atoms with Crippen molar-refractivity contribution in [2.45, 2.75) is 102 Å². The maximum Gasteiger partial charge on any atom is 0.127 e. The van der Waals surface area contributed by atoms with Gasteiger partial charge in [0.15, 0.2) is 0 Å². The molecular formula is C42H48O2. The van der Waals surface area contributed by atoms with E-state index in [0.717, 1.165) is 43.1 Å². The monoisotopic (exact) mass is 584 g/mol. The van der Waals surface area contributed by atoms with Crippen molar-refractivity contribution in [3.05, 3.63) is 119 Å². The van der Waals surface area contributed by atoms with Crippen LogP contribution in [-0.2, 0) is 17.6 Å². The molecule has 0 radical (unpaired) electrons. The highest BCUT2D eigenvalue weighted by Gasteiger charge is 2.27. The fourth-order valence-electron chi connectivity index (χ4n) is 7.92. The van der Waals surface area contributed by atoms with Gasteiger partial charge < -0.3 is 9.47 Å². The zero-order valence-electron chi connectivity index (χ0n) is 26.4. The topological polar surface area (TPSA) is 18.5 Å². The summed E-state index contributed by atoms with van der Waals surface area (Å²) < 4.78 is 13.6. The molecule has 1 heterocycles. The third-order valence-corrected chi connectivity index (χ3v) is 10.5. The van der Waals surface area contributed by atoms with E-state index in [0.29, 0.717) is 13.2 Å². The SMILES string of the molecule is C=C1CCCCC/C=C\C2=C/1c1c(ccc3c1CCCC3)OCC(c1ccc(-c3ccc(C4CCCCC4)cc3)cc1)CO2. The van der Waals surface area contributed by atoms with Crippen molar-refractivity contribution >= 4 is 5.57 Å². The zero-order valence-corrected chi connectivity index (χ0v) is 26.4. The minimum atomic E-state index is 0.130. The average Bonchev–Trinajstić information content (AvgIpc) is 3.16. The van der Waals surface area contributed by atoms with Crippen molar-refractivity contribution < 1.29 is 9.47 Å². The first-order chi connectivity index (χ1) is 21.7. The van der Waals surface area contributed by atoms with Crippen molar-refractivity contribution in [3.63, 3.8) is 0 Å². The third kappa shape index (κ3) is 6.32. The van der Waals surface area contributed by atoms with Gasteiger partial charge in [-0.2, -0.15) is 0 Å². The van der Waals surface area contributed by atoms with Crippen LogP contribution in [0.5, 0.6) is 5.75 Å². The lowest BCUT2D eigenvalue weighted by Crippen LogP contribution is -2.16. The minimum absolute atomic E-state index is 0.130. The summed E-state index contributed by atoms with van der Waals surface area (Å²) in [6, 6.07) is 23.0. The molecule has 1 fully saturated rings. The summed E-state index contributed by atoms with van der Waals surface area (Å²) in [5.41, 5.74) is 11.9. The molecule has 0 bridgehead atoms. The number of aryl methyl sites for hydroxylation is 1. The molecule has 44 heavy (non-hydrogen) atoms. The van der Waals surface area contributed by atoms with Gasteiger partial charge in [0.1, 0.15) is 11.5 Å². The molecule has 3 aromatic rings. The van der Waals surface area contributed by atoms with Crippen LogP contribution in [0.15, 0.2) is 90.7 Å². The number of allylic oxidation sites excluding steroid dienone is 4. The van der Waals surface area contributed by atoms with Crippen molar-refractivity contribution in [1.29, 1.82) is 0 Å². The molecule has 3 aromatic carbocycles. The molecule has 7 rings (SSSR count). The van der Waals surface area contributed by atoms with E-state index in [2.05, 4.69) is 79.4 Å². The fourth-order valence-corrected chi connectivity index (χ4v) is 7.92. The zero-order chi connectivity index (χ0) is 29.7. The van der Waals surface area contributed by atoms with E-state index in [4.69, 9.17) is 9.47 Å². The van der Waals surface area contributed by atoms with Gasteiger partial charge in [0.2, 0.25) is 0 Å². The third-order valence-electron chi connectivity index (χ3n) is 10.5. The maximum atomic E-state index is 6.82. The molecule has 228 valence electrons. The second-order valence-electron chi connectivity index (χ2n) is 13.5. The van der Waals surface area contributed by atoms with Crippen LogP contribution in [0.2, 0.25) is 0 Å². The molecule has 1 aliphatic heterocycles. The number of rotatable bonds is 3. The first-order valence-corrected chi connectivity index (χ1v) is 17.4. The molecule has 0 amide bonds. The molecule has 0 N–H and O–H groups in total. The summed E-state index contributed by atoms with van der Waals surface area (Å²) in [4.78, 5) is 0. The van der Waals surface area contributed by atoms with E-state index < -0.39 is 0 Å². The lowest BCUT2D eigenvalue weighted by Gasteiger charge is -2.25. The Hall–Kier alpha value is -3.52. The van der Waals surface area contributed by atoms with E-state index in [9.17, 15) is 0 Å². The lowest BCUT2D eigenvalue weighted by molar-refractivity contribution is 0.172. The lowest BCUT2D eigenvalue weighted by atomic mass is 9.82. The summed E-state index contributed by atoms with van der Waals surface area (Å²) >= 11 is 0. The number of hydrogen-bond acceptors (Lipinski definition) is 2. The van der Waals surface area contributed by atoms with Crippen LogP contribution in [0.25, 0.3) is 16.7 Å². The Kier molecular flexibility index (Phi) is 9.05. The summed E-state index contributed by atoms with van der Waals surface area (Å²) in [5.74, 6) is 2.84. The summed E-state index contributed by atoms with van der Waals surface area (Å²) in [6.45, 7) is 5.82. The van der Waals surface area contributed by atoms with E-state index in [-0.39, 0.29) is 5.92 Å². The van der Waals surface area contributed by atoms with E-state index in [1.54, 1.807) is 0 Å². The van der Waals surface area contributed by atoms with Gasteiger partial charge in [0, 0.05) is 11.1 Å². The number of hydrogen-bond donors (Lipinski definition) is 0. The van der Waals surface area contributed by atoms with Crippen LogP contribution in [-0.4, -0.2) is 13.2 Å². The van der Waals surface area contributed by atoms with Gasteiger partial charge in [-0.3, -0.25) is 0 Å². The summed E-state index contributed by atoms with van der Waals surface area (Å²) in [5, 5.41) is 0.